The summed E-state index contributed by atoms with van der Waals surface area (Å²) >= 11 is 0. The van der Waals surface area contributed by atoms with Gasteiger partial charge < -0.3 is 10.4 Å². The fourth-order valence-electron chi connectivity index (χ4n) is 1.54. The second kappa shape index (κ2) is 6.29. The number of aryl methyl sites for hydroxylation is 1. The number of nitrogens with zero attached hydrogens (tertiary/aromatic N) is 2. The van der Waals surface area contributed by atoms with Gasteiger partial charge in [0.25, 0.3) is 11.6 Å². The number of hydrogen-bond acceptors (Lipinski definition) is 5. The van der Waals surface area contributed by atoms with E-state index >= 15 is 0 Å². The summed E-state index contributed by atoms with van der Waals surface area (Å²) in [5.41, 5.74) is -0.743. The first-order valence-electron chi connectivity index (χ1n) is 6.28. The minimum atomic E-state index is -0.955. The van der Waals surface area contributed by atoms with E-state index in [4.69, 9.17) is 5.11 Å². The molecule has 1 rings (SSSR count). The summed E-state index contributed by atoms with van der Waals surface area (Å²) in [5, 5.41) is 22.2. The highest BCUT2D eigenvalue weighted by Gasteiger charge is 2.26. The lowest BCUT2D eigenvalue weighted by Crippen LogP contribution is -2.32. The summed E-state index contributed by atoms with van der Waals surface area (Å²) in [5.74, 6) is -1.46. The molecule has 114 valence electrons. The topological polar surface area (TPSA) is 122 Å². The molecule has 0 atom stereocenters. The van der Waals surface area contributed by atoms with E-state index in [0.717, 1.165) is 12.3 Å². The minimum absolute atomic E-state index is 0.109. The first-order chi connectivity index (χ1) is 9.65. The Hall–Kier alpha value is -2.51. The number of amides is 1. The molecule has 0 radical (unpaired) electrons. The molecule has 8 nitrogen and oxygen atoms in total. The smallest absolute Gasteiger partial charge is 0.309 e. The molecule has 21 heavy (non-hydrogen) atoms. The molecule has 0 bridgehead atoms. The molecule has 0 aliphatic heterocycles. The molecule has 0 spiro atoms. The van der Waals surface area contributed by atoms with Gasteiger partial charge in [-0.25, -0.2) is 0 Å². The van der Waals surface area contributed by atoms with Crippen molar-refractivity contribution in [3.8, 4) is 0 Å². The summed E-state index contributed by atoms with van der Waals surface area (Å²) in [7, 11) is 0. The Kier molecular flexibility index (Phi) is 4.96. The molecule has 0 aromatic carbocycles. The van der Waals surface area contributed by atoms with Crippen LogP contribution in [0.25, 0.3) is 0 Å². The molecule has 0 saturated heterocycles. The Bertz CT molecular complexity index is 583. The van der Waals surface area contributed by atoms with Crippen LogP contribution in [-0.4, -0.2) is 33.4 Å². The van der Waals surface area contributed by atoms with Crippen LogP contribution in [0, 0.1) is 22.5 Å². The Morgan fingerprint density at radius 1 is 1.48 bits per heavy atom. The normalized spacial score (nSPS) is 11.0. The number of hydrogen-bond donors (Lipinski definition) is 2. The van der Waals surface area contributed by atoms with Crippen molar-refractivity contribution in [2.75, 3.05) is 6.54 Å². The fraction of sp³-hybridized carbons (Fsp3) is 0.462. The van der Waals surface area contributed by atoms with E-state index in [0.29, 0.717) is 5.69 Å². The van der Waals surface area contributed by atoms with Crippen LogP contribution in [0.2, 0.25) is 0 Å². The fourth-order valence-corrected chi connectivity index (χ4v) is 1.54. The van der Waals surface area contributed by atoms with E-state index in [1.807, 2.05) is 0 Å². The van der Waals surface area contributed by atoms with Gasteiger partial charge in [-0.3, -0.25) is 24.7 Å². The number of rotatable bonds is 6. The van der Waals surface area contributed by atoms with Crippen LogP contribution in [0.4, 0.5) is 5.69 Å². The van der Waals surface area contributed by atoms with Crippen molar-refractivity contribution >= 4 is 17.6 Å². The van der Waals surface area contributed by atoms with Crippen LogP contribution in [0.1, 0.15) is 36.3 Å². The number of aromatic nitrogens is 1. The SMILES string of the molecule is Cc1ncc([N+](=O)[O-])cc1C(=O)NCCC(C)(C)C(=O)O. The first kappa shape index (κ1) is 16.5. The number of carboxylic acids is 1. The summed E-state index contributed by atoms with van der Waals surface area (Å²) in [6, 6.07) is 1.15. The third-order valence-corrected chi connectivity index (χ3v) is 3.14. The standard InChI is InChI=1S/C13H17N3O5/c1-8-10(6-9(7-15-8)16(20)21)11(17)14-5-4-13(2,3)12(18)19/h6-7H,4-5H2,1-3H3,(H,14,17)(H,18,19). The zero-order valence-corrected chi connectivity index (χ0v) is 12.0. The molecular formula is C13H17N3O5. The first-order valence-corrected chi connectivity index (χ1v) is 6.28. The summed E-state index contributed by atoms with van der Waals surface area (Å²) < 4.78 is 0. The summed E-state index contributed by atoms with van der Waals surface area (Å²) in [6.07, 6.45) is 1.33. The van der Waals surface area contributed by atoms with Gasteiger partial charge >= 0.3 is 5.97 Å². The number of pyridine rings is 1. The Morgan fingerprint density at radius 3 is 2.62 bits per heavy atom. The predicted octanol–water partition coefficient (Wildman–Crippen LogP) is 1.53. The highest BCUT2D eigenvalue weighted by Crippen LogP contribution is 2.19. The molecule has 1 heterocycles. The molecular weight excluding hydrogens is 278 g/mol. The van der Waals surface area contributed by atoms with Crippen LogP contribution < -0.4 is 5.32 Å². The van der Waals surface area contributed by atoms with E-state index in [1.165, 1.54) is 0 Å². The summed E-state index contributed by atoms with van der Waals surface area (Å²) in [6.45, 7) is 4.84. The Labute approximate surface area is 121 Å². The van der Waals surface area contributed by atoms with Crippen molar-refractivity contribution in [1.29, 1.82) is 0 Å². The Balaban J connectivity index is 2.75. The Morgan fingerprint density at radius 2 is 2.10 bits per heavy atom. The van der Waals surface area contributed by atoms with Gasteiger partial charge in [-0.2, -0.15) is 0 Å². The van der Waals surface area contributed by atoms with Crippen LogP contribution in [-0.2, 0) is 4.79 Å². The third-order valence-electron chi connectivity index (χ3n) is 3.14. The van der Waals surface area contributed by atoms with Crippen molar-refractivity contribution in [3.63, 3.8) is 0 Å². The van der Waals surface area contributed by atoms with Crippen molar-refractivity contribution in [3.05, 3.63) is 33.6 Å². The number of aliphatic carboxylic acids is 1. The van der Waals surface area contributed by atoms with Crippen LogP contribution in [0.15, 0.2) is 12.3 Å². The molecule has 0 fully saturated rings. The van der Waals surface area contributed by atoms with Gasteiger partial charge in [0.1, 0.15) is 6.20 Å². The zero-order valence-electron chi connectivity index (χ0n) is 12.0. The van der Waals surface area contributed by atoms with E-state index in [-0.39, 0.29) is 24.2 Å². The lowest BCUT2D eigenvalue weighted by atomic mass is 9.90. The highest BCUT2D eigenvalue weighted by molar-refractivity contribution is 5.95. The number of carboxylic acid groups (broad SMARTS) is 1. The molecule has 8 heteroatoms. The van der Waals surface area contributed by atoms with E-state index in [1.54, 1.807) is 20.8 Å². The highest BCUT2D eigenvalue weighted by atomic mass is 16.6. The minimum Gasteiger partial charge on any atom is -0.481 e. The van der Waals surface area contributed by atoms with E-state index in [9.17, 15) is 19.7 Å². The molecule has 0 aliphatic carbocycles. The summed E-state index contributed by atoms with van der Waals surface area (Å²) in [4.78, 5) is 36.8. The molecule has 0 unspecified atom stereocenters. The average Bonchev–Trinajstić information content (AvgIpc) is 2.38. The van der Waals surface area contributed by atoms with Gasteiger partial charge in [-0.05, 0) is 27.2 Å². The van der Waals surface area contributed by atoms with Crippen LogP contribution in [0.5, 0.6) is 0 Å². The van der Waals surface area contributed by atoms with E-state index < -0.39 is 22.2 Å². The molecule has 0 saturated carbocycles. The second-order valence-corrected chi connectivity index (χ2v) is 5.28. The number of carbonyl (C=O) groups is 2. The van der Waals surface area contributed by atoms with Gasteiger partial charge in [0.2, 0.25) is 0 Å². The maximum absolute atomic E-state index is 12.0. The van der Waals surface area contributed by atoms with Gasteiger partial charge in [-0.15, -0.1) is 0 Å². The zero-order chi connectivity index (χ0) is 16.2. The van der Waals surface area contributed by atoms with Gasteiger partial charge in [0.05, 0.1) is 21.6 Å². The third kappa shape index (κ3) is 4.23. The van der Waals surface area contributed by atoms with Crippen molar-refractivity contribution in [1.82, 2.24) is 10.3 Å². The maximum Gasteiger partial charge on any atom is 0.309 e. The van der Waals surface area contributed by atoms with Crippen molar-refractivity contribution in [2.45, 2.75) is 27.2 Å². The maximum atomic E-state index is 12.0. The molecule has 0 aliphatic rings. The lowest BCUT2D eigenvalue weighted by Gasteiger charge is -2.19. The number of carbonyl (C=O) groups excluding carboxylic acids is 1. The largest absolute Gasteiger partial charge is 0.481 e. The lowest BCUT2D eigenvalue weighted by molar-refractivity contribution is -0.385. The van der Waals surface area contributed by atoms with Crippen molar-refractivity contribution in [2.24, 2.45) is 5.41 Å². The van der Waals surface area contributed by atoms with E-state index in [2.05, 4.69) is 10.3 Å². The van der Waals surface area contributed by atoms with Gasteiger partial charge in [-0.1, -0.05) is 0 Å². The molecule has 1 amide bonds. The van der Waals surface area contributed by atoms with Gasteiger partial charge in [0, 0.05) is 12.6 Å². The van der Waals surface area contributed by atoms with Crippen molar-refractivity contribution < 1.29 is 19.6 Å². The van der Waals surface area contributed by atoms with Gasteiger partial charge in [0.15, 0.2) is 0 Å². The predicted molar refractivity (Wildman–Crippen MR) is 74.0 cm³/mol. The monoisotopic (exact) mass is 295 g/mol. The quantitative estimate of drug-likeness (QED) is 0.606. The number of nitro groups is 1. The average molecular weight is 295 g/mol. The van der Waals surface area contributed by atoms with Crippen LogP contribution in [0.3, 0.4) is 0 Å². The molecule has 1 aromatic heterocycles. The molecule has 1 aromatic rings. The second-order valence-electron chi connectivity index (χ2n) is 5.28. The molecule has 2 N–H and O–H groups in total. The van der Waals surface area contributed by atoms with Crippen LogP contribution >= 0.6 is 0 Å². The number of nitrogens with one attached hydrogen (secondary N) is 1.